The van der Waals surface area contributed by atoms with Gasteiger partial charge < -0.3 is 10.6 Å². The van der Waals surface area contributed by atoms with Gasteiger partial charge in [-0.3, -0.25) is 9.69 Å². The highest BCUT2D eigenvalue weighted by Gasteiger charge is 2.21. The molecule has 1 amide bonds. The SMILES string of the molecule is O=C(NCC1CCCN1)c1cccc(CN2CCS(=O)(=O)CC2)c1. The average Bonchev–Trinajstić information content (AvgIpc) is 3.08. The van der Waals surface area contributed by atoms with Crippen molar-refractivity contribution in [3.63, 3.8) is 0 Å². The average molecular weight is 351 g/mol. The van der Waals surface area contributed by atoms with E-state index in [2.05, 4.69) is 15.5 Å². The molecule has 2 heterocycles. The van der Waals surface area contributed by atoms with Crippen molar-refractivity contribution in [2.24, 2.45) is 0 Å². The highest BCUT2D eigenvalue weighted by Crippen LogP contribution is 2.12. The number of amides is 1. The van der Waals surface area contributed by atoms with Gasteiger partial charge >= 0.3 is 0 Å². The number of nitrogens with zero attached hydrogens (tertiary/aromatic N) is 1. The van der Waals surface area contributed by atoms with Gasteiger partial charge in [0.2, 0.25) is 0 Å². The first-order chi connectivity index (χ1) is 11.5. The number of rotatable bonds is 5. The van der Waals surface area contributed by atoms with E-state index >= 15 is 0 Å². The lowest BCUT2D eigenvalue weighted by atomic mass is 10.1. The fourth-order valence-electron chi connectivity index (χ4n) is 3.23. The highest BCUT2D eigenvalue weighted by atomic mass is 32.2. The van der Waals surface area contributed by atoms with Crippen LogP contribution in [0.25, 0.3) is 0 Å². The van der Waals surface area contributed by atoms with Gasteiger partial charge in [-0.1, -0.05) is 12.1 Å². The van der Waals surface area contributed by atoms with Crippen molar-refractivity contribution in [2.45, 2.75) is 25.4 Å². The van der Waals surface area contributed by atoms with Crippen LogP contribution in [0.2, 0.25) is 0 Å². The molecule has 0 bridgehead atoms. The lowest BCUT2D eigenvalue weighted by Gasteiger charge is -2.26. The summed E-state index contributed by atoms with van der Waals surface area (Å²) in [5.74, 6) is 0.398. The summed E-state index contributed by atoms with van der Waals surface area (Å²) in [6.07, 6.45) is 2.28. The maximum atomic E-state index is 12.3. The van der Waals surface area contributed by atoms with Crippen molar-refractivity contribution in [2.75, 3.05) is 37.7 Å². The summed E-state index contributed by atoms with van der Waals surface area (Å²) in [5, 5.41) is 6.35. The number of hydrogen-bond donors (Lipinski definition) is 2. The summed E-state index contributed by atoms with van der Waals surface area (Å²) >= 11 is 0. The van der Waals surface area contributed by atoms with Crippen molar-refractivity contribution in [3.8, 4) is 0 Å². The van der Waals surface area contributed by atoms with Crippen LogP contribution in [-0.4, -0.2) is 63.0 Å². The van der Waals surface area contributed by atoms with Crippen LogP contribution >= 0.6 is 0 Å². The number of carbonyl (C=O) groups excluding carboxylic acids is 1. The van der Waals surface area contributed by atoms with E-state index in [1.807, 2.05) is 24.3 Å². The standard InChI is InChI=1S/C17H25N3O3S/c21-17(19-12-16-5-2-6-18-16)15-4-1-3-14(11-15)13-20-7-9-24(22,23)10-8-20/h1,3-4,11,16,18H,2,5-10,12-13H2,(H,19,21). The minimum atomic E-state index is -2.86. The first-order valence-electron chi connectivity index (χ1n) is 8.55. The Hall–Kier alpha value is -1.44. The quantitative estimate of drug-likeness (QED) is 0.803. The maximum absolute atomic E-state index is 12.3. The zero-order valence-electron chi connectivity index (χ0n) is 13.8. The number of sulfone groups is 1. The Balaban J connectivity index is 1.54. The molecular weight excluding hydrogens is 326 g/mol. The molecule has 1 aromatic rings. The molecule has 6 nitrogen and oxygen atoms in total. The highest BCUT2D eigenvalue weighted by molar-refractivity contribution is 7.91. The summed E-state index contributed by atoms with van der Waals surface area (Å²) in [6, 6.07) is 7.98. The molecular formula is C17H25N3O3S. The molecule has 0 radical (unpaired) electrons. The summed E-state index contributed by atoms with van der Waals surface area (Å²) in [4.78, 5) is 14.4. The first-order valence-corrected chi connectivity index (χ1v) is 10.4. The van der Waals surface area contributed by atoms with Crippen LogP contribution in [0.5, 0.6) is 0 Å². The van der Waals surface area contributed by atoms with Crippen LogP contribution in [-0.2, 0) is 16.4 Å². The van der Waals surface area contributed by atoms with Gasteiger partial charge in [0.15, 0.2) is 9.84 Å². The second kappa shape index (κ2) is 7.63. The first kappa shape index (κ1) is 17.4. The molecule has 2 fully saturated rings. The van der Waals surface area contributed by atoms with Crippen LogP contribution in [0.1, 0.15) is 28.8 Å². The smallest absolute Gasteiger partial charge is 0.251 e. The largest absolute Gasteiger partial charge is 0.350 e. The maximum Gasteiger partial charge on any atom is 0.251 e. The third-order valence-corrected chi connectivity index (χ3v) is 6.31. The normalized spacial score (nSPS) is 23.9. The van der Waals surface area contributed by atoms with Gasteiger partial charge in [-0.25, -0.2) is 8.42 Å². The van der Waals surface area contributed by atoms with Gasteiger partial charge in [-0.05, 0) is 37.1 Å². The molecule has 3 rings (SSSR count). The van der Waals surface area contributed by atoms with Crippen LogP contribution in [0.15, 0.2) is 24.3 Å². The predicted molar refractivity (Wildman–Crippen MR) is 93.7 cm³/mol. The van der Waals surface area contributed by atoms with E-state index in [0.717, 1.165) is 18.5 Å². The molecule has 132 valence electrons. The molecule has 2 aliphatic heterocycles. The Morgan fingerprint density at radius 1 is 1.29 bits per heavy atom. The zero-order valence-corrected chi connectivity index (χ0v) is 14.6. The van der Waals surface area contributed by atoms with Crippen molar-refractivity contribution < 1.29 is 13.2 Å². The molecule has 2 N–H and O–H groups in total. The van der Waals surface area contributed by atoms with Gasteiger partial charge in [0, 0.05) is 37.8 Å². The summed E-state index contributed by atoms with van der Waals surface area (Å²) < 4.78 is 23.0. The molecule has 1 atom stereocenters. The fourth-order valence-corrected chi connectivity index (χ4v) is 4.50. The Morgan fingerprint density at radius 3 is 2.79 bits per heavy atom. The molecule has 2 aliphatic rings. The van der Waals surface area contributed by atoms with Crippen LogP contribution in [0, 0.1) is 0 Å². The minimum absolute atomic E-state index is 0.0493. The van der Waals surface area contributed by atoms with Gasteiger partial charge in [-0.2, -0.15) is 0 Å². The molecule has 24 heavy (non-hydrogen) atoms. The molecule has 2 saturated heterocycles. The van der Waals surface area contributed by atoms with E-state index < -0.39 is 9.84 Å². The third-order valence-electron chi connectivity index (χ3n) is 4.70. The van der Waals surface area contributed by atoms with Crippen LogP contribution in [0.3, 0.4) is 0 Å². The van der Waals surface area contributed by atoms with Crippen LogP contribution in [0.4, 0.5) is 0 Å². The number of carbonyl (C=O) groups is 1. The topological polar surface area (TPSA) is 78.5 Å². The van der Waals surface area contributed by atoms with E-state index in [4.69, 9.17) is 0 Å². The summed E-state index contributed by atoms with van der Waals surface area (Å²) in [7, 11) is -2.86. The van der Waals surface area contributed by atoms with Gasteiger partial charge in [0.25, 0.3) is 5.91 Å². The van der Waals surface area contributed by atoms with Crippen molar-refractivity contribution in [1.82, 2.24) is 15.5 Å². The monoisotopic (exact) mass is 351 g/mol. The Morgan fingerprint density at radius 2 is 2.08 bits per heavy atom. The fraction of sp³-hybridized carbons (Fsp3) is 0.588. The molecule has 0 saturated carbocycles. The Kier molecular flexibility index (Phi) is 5.53. The molecule has 1 aromatic carbocycles. The number of benzene rings is 1. The van der Waals surface area contributed by atoms with Crippen molar-refractivity contribution >= 4 is 15.7 Å². The zero-order chi connectivity index (χ0) is 17.0. The van der Waals surface area contributed by atoms with E-state index in [9.17, 15) is 13.2 Å². The van der Waals surface area contributed by atoms with E-state index in [1.54, 1.807) is 0 Å². The second-order valence-corrected chi connectivity index (χ2v) is 8.94. The van der Waals surface area contributed by atoms with E-state index in [0.29, 0.717) is 37.8 Å². The Labute approximate surface area is 143 Å². The molecule has 1 unspecified atom stereocenters. The lowest BCUT2D eigenvalue weighted by molar-refractivity contribution is 0.0950. The van der Waals surface area contributed by atoms with Crippen molar-refractivity contribution in [3.05, 3.63) is 35.4 Å². The third kappa shape index (κ3) is 4.78. The molecule has 7 heteroatoms. The number of hydrogen-bond acceptors (Lipinski definition) is 5. The minimum Gasteiger partial charge on any atom is -0.350 e. The summed E-state index contributed by atoms with van der Waals surface area (Å²) in [5.41, 5.74) is 1.70. The second-order valence-electron chi connectivity index (χ2n) is 6.63. The van der Waals surface area contributed by atoms with E-state index in [-0.39, 0.29) is 17.4 Å². The van der Waals surface area contributed by atoms with Gasteiger partial charge in [-0.15, -0.1) is 0 Å². The van der Waals surface area contributed by atoms with Gasteiger partial charge in [0.1, 0.15) is 0 Å². The lowest BCUT2D eigenvalue weighted by Crippen LogP contribution is -2.39. The summed E-state index contributed by atoms with van der Waals surface area (Å²) in [6.45, 7) is 3.49. The molecule has 0 spiro atoms. The predicted octanol–water partition coefficient (Wildman–Crippen LogP) is 0.399. The van der Waals surface area contributed by atoms with Crippen molar-refractivity contribution in [1.29, 1.82) is 0 Å². The molecule has 0 aliphatic carbocycles. The van der Waals surface area contributed by atoms with Gasteiger partial charge in [0.05, 0.1) is 11.5 Å². The van der Waals surface area contributed by atoms with Crippen LogP contribution < -0.4 is 10.6 Å². The molecule has 0 aromatic heterocycles. The number of nitrogens with one attached hydrogen (secondary N) is 2. The van der Waals surface area contributed by atoms with E-state index in [1.165, 1.54) is 6.42 Å². The Bertz CT molecular complexity index is 670.